The highest BCUT2D eigenvalue weighted by Gasteiger charge is 2.12. The third-order valence-electron chi connectivity index (χ3n) is 2.39. The van der Waals surface area contributed by atoms with Crippen LogP contribution in [0, 0.1) is 0 Å². The predicted octanol–water partition coefficient (Wildman–Crippen LogP) is 1.30. The molecule has 0 heterocycles. The minimum Gasteiger partial charge on any atom is -0.495 e. The first-order chi connectivity index (χ1) is 8.93. The highest BCUT2D eigenvalue weighted by molar-refractivity contribution is 6.30. The van der Waals surface area contributed by atoms with E-state index in [0.717, 1.165) is 4.90 Å². The highest BCUT2D eigenvalue weighted by Crippen LogP contribution is 2.27. The third kappa shape index (κ3) is 4.67. The summed E-state index contributed by atoms with van der Waals surface area (Å²) in [5.41, 5.74) is 0.576. The molecule has 7 heteroatoms. The molecule has 2 N–H and O–H groups in total. The molecule has 0 saturated carbocycles. The number of carboxylic acid groups (broad SMARTS) is 1. The van der Waals surface area contributed by atoms with E-state index < -0.39 is 5.97 Å². The molecule has 1 aromatic carbocycles. The molecular weight excluding hydrogens is 272 g/mol. The van der Waals surface area contributed by atoms with Crippen molar-refractivity contribution in [2.24, 2.45) is 0 Å². The van der Waals surface area contributed by atoms with E-state index in [2.05, 4.69) is 5.32 Å². The number of ether oxygens (including phenoxy) is 1. The van der Waals surface area contributed by atoms with Crippen LogP contribution in [0.15, 0.2) is 18.2 Å². The molecule has 0 saturated heterocycles. The Bertz CT molecular complexity index is 479. The number of nitrogens with zero attached hydrogens (tertiary/aromatic N) is 1. The fourth-order valence-corrected chi connectivity index (χ4v) is 1.59. The zero-order valence-corrected chi connectivity index (χ0v) is 11.4. The molecule has 0 aliphatic heterocycles. The van der Waals surface area contributed by atoms with Crippen molar-refractivity contribution in [2.45, 2.75) is 0 Å². The van der Waals surface area contributed by atoms with Gasteiger partial charge in [0.05, 0.1) is 19.3 Å². The number of anilines is 1. The predicted molar refractivity (Wildman–Crippen MR) is 71.8 cm³/mol. The molecule has 0 unspecified atom stereocenters. The molecule has 0 radical (unpaired) electrons. The molecule has 0 aliphatic rings. The van der Waals surface area contributed by atoms with Gasteiger partial charge in [-0.2, -0.15) is 0 Å². The maximum Gasteiger partial charge on any atom is 0.323 e. The molecule has 1 rings (SSSR count). The standard InChI is InChI=1S/C12H15ClN2O4/c1-15(7-12(17)18)11(16)6-14-9-5-8(13)3-4-10(9)19-2/h3-5,14H,6-7H2,1-2H3,(H,17,18). The van der Waals surface area contributed by atoms with Gasteiger partial charge < -0.3 is 20.1 Å². The third-order valence-corrected chi connectivity index (χ3v) is 2.62. The first-order valence-corrected chi connectivity index (χ1v) is 5.85. The fraction of sp³-hybridized carbons (Fsp3) is 0.333. The van der Waals surface area contributed by atoms with Crippen molar-refractivity contribution in [3.63, 3.8) is 0 Å². The van der Waals surface area contributed by atoms with Gasteiger partial charge in [0, 0.05) is 12.1 Å². The largest absolute Gasteiger partial charge is 0.495 e. The summed E-state index contributed by atoms with van der Waals surface area (Å²) >= 11 is 5.85. The zero-order valence-electron chi connectivity index (χ0n) is 10.6. The van der Waals surface area contributed by atoms with E-state index in [4.69, 9.17) is 21.4 Å². The lowest BCUT2D eigenvalue weighted by Gasteiger charge is -2.16. The summed E-state index contributed by atoms with van der Waals surface area (Å²) in [5.74, 6) is -0.848. The summed E-state index contributed by atoms with van der Waals surface area (Å²) in [4.78, 5) is 23.3. The number of likely N-dealkylation sites (N-methyl/N-ethyl adjacent to an activating group) is 1. The second kappa shape index (κ2) is 6.84. The molecule has 0 atom stereocenters. The van der Waals surface area contributed by atoms with Gasteiger partial charge in [-0.1, -0.05) is 11.6 Å². The molecular formula is C12H15ClN2O4. The first kappa shape index (κ1) is 15.1. The van der Waals surface area contributed by atoms with Crippen LogP contribution in [-0.2, 0) is 9.59 Å². The Balaban J connectivity index is 2.63. The van der Waals surface area contributed by atoms with Crippen LogP contribution in [0.5, 0.6) is 5.75 Å². The number of rotatable bonds is 6. The number of halogens is 1. The van der Waals surface area contributed by atoms with Crippen LogP contribution in [0.1, 0.15) is 0 Å². The Morgan fingerprint density at radius 2 is 2.16 bits per heavy atom. The first-order valence-electron chi connectivity index (χ1n) is 5.47. The second-order valence-electron chi connectivity index (χ2n) is 3.84. The summed E-state index contributed by atoms with van der Waals surface area (Å²) in [6.45, 7) is -0.381. The van der Waals surface area contributed by atoms with Gasteiger partial charge in [0.15, 0.2) is 0 Å². The van der Waals surface area contributed by atoms with E-state index in [1.165, 1.54) is 14.2 Å². The lowest BCUT2D eigenvalue weighted by molar-refractivity contribution is -0.142. The normalized spacial score (nSPS) is 9.84. The Morgan fingerprint density at radius 3 is 2.74 bits per heavy atom. The van der Waals surface area contributed by atoms with Gasteiger partial charge in [0.1, 0.15) is 12.3 Å². The topological polar surface area (TPSA) is 78.9 Å². The van der Waals surface area contributed by atoms with E-state index >= 15 is 0 Å². The summed E-state index contributed by atoms with van der Waals surface area (Å²) in [6, 6.07) is 4.98. The van der Waals surface area contributed by atoms with Crippen molar-refractivity contribution in [1.82, 2.24) is 4.90 Å². The van der Waals surface area contributed by atoms with E-state index in [-0.39, 0.29) is 19.0 Å². The maximum atomic E-state index is 11.7. The summed E-state index contributed by atoms with van der Waals surface area (Å²) in [5, 5.41) is 12.0. The average molecular weight is 287 g/mol. The molecule has 0 bridgehead atoms. The quantitative estimate of drug-likeness (QED) is 0.824. The van der Waals surface area contributed by atoms with E-state index in [0.29, 0.717) is 16.5 Å². The fourth-order valence-electron chi connectivity index (χ4n) is 1.42. The lowest BCUT2D eigenvalue weighted by atomic mass is 10.3. The number of hydrogen-bond donors (Lipinski definition) is 2. The molecule has 104 valence electrons. The molecule has 19 heavy (non-hydrogen) atoms. The van der Waals surface area contributed by atoms with E-state index in [1.807, 2.05) is 0 Å². The van der Waals surface area contributed by atoms with Crippen LogP contribution in [0.25, 0.3) is 0 Å². The van der Waals surface area contributed by atoms with Gasteiger partial charge in [-0.25, -0.2) is 0 Å². The number of hydrogen-bond acceptors (Lipinski definition) is 4. The van der Waals surface area contributed by atoms with E-state index in [9.17, 15) is 9.59 Å². The minimum atomic E-state index is -1.06. The van der Waals surface area contributed by atoms with Gasteiger partial charge in [-0.15, -0.1) is 0 Å². The number of amides is 1. The van der Waals surface area contributed by atoms with Gasteiger partial charge in [-0.3, -0.25) is 9.59 Å². The molecule has 6 nitrogen and oxygen atoms in total. The zero-order chi connectivity index (χ0) is 14.4. The van der Waals surface area contributed by atoms with E-state index in [1.54, 1.807) is 18.2 Å². The monoisotopic (exact) mass is 286 g/mol. The SMILES string of the molecule is COc1ccc(Cl)cc1NCC(=O)N(C)CC(=O)O. The number of nitrogens with one attached hydrogen (secondary N) is 1. The minimum absolute atomic E-state index is 0.0412. The molecule has 1 amide bonds. The number of carboxylic acids is 1. The summed E-state index contributed by atoms with van der Waals surface area (Å²) in [6.07, 6.45) is 0. The molecule has 0 aliphatic carbocycles. The molecule has 0 fully saturated rings. The van der Waals surface area contributed by atoms with Gasteiger partial charge in [-0.05, 0) is 18.2 Å². The van der Waals surface area contributed by atoms with Crippen molar-refractivity contribution >= 4 is 29.2 Å². The average Bonchev–Trinajstić information content (AvgIpc) is 2.35. The Morgan fingerprint density at radius 1 is 1.47 bits per heavy atom. The maximum absolute atomic E-state index is 11.7. The second-order valence-corrected chi connectivity index (χ2v) is 4.28. The Labute approximate surface area is 115 Å². The van der Waals surface area contributed by atoms with Crippen LogP contribution in [0.2, 0.25) is 5.02 Å². The number of benzene rings is 1. The van der Waals surface area contributed by atoms with Crippen molar-refractivity contribution in [1.29, 1.82) is 0 Å². The smallest absolute Gasteiger partial charge is 0.323 e. The van der Waals surface area contributed by atoms with Gasteiger partial charge in [0.2, 0.25) is 5.91 Å². The number of carbonyl (C=O) groups is 2. The summed E-state index contributed by atoms with van der Waals surface area (Å²) in [7, 11) is 2.93. The molecule has 0 aromatic heterocycles. The molecule has 1 aromatic rings. The van der Waals surface area contributed by atoms with Crippen LogP contribution in [0.4, 0.5) is 5.69 Å². The Hall–Kier alpha value is -1.95. The lowest BCUT2D eigenvalue weighted by Crippen LogP contribution is -2.36. The van der Waals surface area contributed by atoms with Gasteiger partial charge in [0.25, 0.3) is 0 Å². The number of methoxy groups -OCH3 is 1. The van der Waals surface area contributed by atoms with Crippen molar-refractivity contribution in [3.8, 4) is 5.75 Å². The van der Waals surface area contributed by atoms with Crippen LogP contribution in [0.3, 0.4) is 0 Å². The van der Waals surface area contributed by atoms with Crippen LogP contribution in [-0.4, -0.2) is 49.1 Å². The van der Waals surface area contributed by atoms with Crippen molar-refractivity contribution < 1.29 is 19.4 Å². The van der Waals surface area contributed by atoms with Crippen molar-refractivity contribution in [3.05, 3.63) is 23.2 Å². The number of aliphatic carboxylic acids is 1. The Kier molecular flexibility index (Phi) is 5.44. The highest BCUT2D eigenvalue weighted by atomic mass is 35.5. The molecule has 0 spiro atoms. The van der Waals surface area contributed by atoms with Gasteiger partial charge >= 0.3 is 5.97 Å². The van der Waals surface area contributed by atoms with Crippen LogP contribution >= 0.6 is 11.6 Å². The summed E-state index contributed by atoms with van der Waals surface area (Å²) < 4.78 is 5.12. The van der Waals surface area contributed by atoms with Crippen LogP contribution < -0.4 is 10.1 Å². The number of carbonyl (C=O) groups excluding carboxylic acids is 1. The van der Waals surface area contributed by atoms with Crippen molar-refractivity contribution in [2.75, 3.05) is 32.6 Å².